The Labute approximate surface area is 235 Å². The van der Waals surface area contributed by atoms with Crippen molar-refractivity contribution >= 4 is 46.3 Å². The van der Waals surface area contributed by atoms with Crippen LogP contribution in [0.3, 0.4) is 0 Å². The summed E-state index contributed by atoms with van der Waals surface area (Å²) in [7, 11) is 0. The lowest BCUT2D eigenvalue weighted by Crippen LogP contribution is -2.36. The van der Waals surface area contributed by atoms with E-state index < -0.39 is 10.7 Å². The lowest BCUT2D eigenvalue weighted by molar-refractivity contribution is -0.138. The molecule has 5 rings (SSSR count). The molecule has 0 unspecified atom stereocenters. The first-order valence-corrected chi connectivity index (χ1v) is 14.3. The fraction of sp³-hybridized carbons (Fsp3) is 0.233. The maximum absolute atomic E-state index is 13.5. The summed E-state index contributed by atoms with van der Waals surface area (Å²) >= 11 is 2.75. The Hall–Kier alpha value is -3.66. The highest BCUT2D eigenvalue weighted by molar-refractivity contribution is 8.01. The van der Waals surface area contributed by atoms with Gasteiger partial charge >= 0.3 is 5.97 Å². The van der Waals surface area contributed by atoms with Crippen LogP contribution in [0.25, 0.3) is 21.0 Å². The Balaban J connectivity index is 1.39. The monoisotopic (exact) mass is 559 g/mol. The molecule has 2 heterocycles. The summed E-state index contributed by atoms with van der Waals surface area (Å²) in [5.41, 5.74) is 3.95. The zero-order valence-corrected chi connectivity index (χ0v) is 23.3. The Morgan fingerprint density at radius 3 is 2.26 bits per heavy atom. The van der Waals surface area contributed by atoms with E-state index in [0.717, 1.165) is 57.9 Å². The minimum atomic E-state index is -0.936. The van der Waals surface area contributed by atoms with Crippen molar-refractivity contribution in [3.63, 3.8) is 0 Å². The normalized spacial score (nSPS) is 13.7. The number of aromatic nitrogens is 1. The summed E-state index contributed by atoms with van der Waals surface area (Å²) in [6.45, 7) is 6.50. The maximum atomic E-state index is 13.5. The molecule has 0 radical (unpaired) electrons. The minimum absolute atomic E-state index is 0.272. The van der Waals surface area contributed by atoms with Crippen LogP contribution in [0.15, 0.2) is 83.8 Å². The predicted octanol–water partition coefficient (Wildman–Crippen LogP) is 6.52. The van der Waals surface area contributed by atoms with Crippen LogP contribution >= 0.6 is 23.1 Å². The first-order valence-electron chi connectivity index (χ1n) is 12.6. The van der Waals surface area contributed by atoms with E-state index in [-0.39, 0.29) is 5.91 Å². The molecule has 1 aromatic heterocycles. The summed E-state index contributed by atoms with van der Waals surface area (Å²) < 4.78 is 4.50. The van der Waals surface area contributed by atoms with Crippen LogP contribution < -0.4 is 10.2 Å². The van der Waals surface area contributed by atoms with Crippen molar-refractivity contribution in [2.24, 2.45) is 0 Å². The van der Waals surface area contributed by atoms with Gasteiger partial charge in [0.1, 0.15) is 15.4 Å². The number of nitrogens with one attached hydrogen (secondary N) is 1. The number of hydrogen-bond acceptors (Lipinski definition) is 7. The smallest absolute Gasteiger partial charge is 0.319 e. The second kappa shape index (κ2) is 11.6. The summed E-state index contributed by atoms with van der Waals surface area (Å²) in [5, 5.41) is 13.2. The van der Waals surface area contributed by atoms with Crippen molar-refractivity contribution in [1.29, 1.82) is 0 Å². The number of aliphatic carboxylic acids is 1. The number of thioether (sulfide) groups is 1. The summed E-state index contributed by atoms with van der Waals surface area (Å²) in [5.74, 6) is -1.14. The average Bonchev–Trinajstić information content (AvgIpc) is 3.40. The van der Waals surface area contributed by atoms with E-state index in [2.05, 4.69) is 10.2 Å². The van der Waals surface area contributed by atoms with E-state index in [9.17, 15) is 14.7 Å². The summed E-state index contributed by atoms with van der Waals surface area (Å²) in [6.07, 6.45) is 0. The van der Waals surface area contributed by atoms with Gasteiger partial charge in [-0.05, 0) is 55.8 Å². The second-order valence-electron chi connectivity index (χ2n) is 9.61. The molecule has 0 saturated carbocycles. The van der Waals surface area contributed by atoms with E-state index >= 15 is 0 Å². The van der Waals surface area contributed by atoms with E-state index in [1.165, 1.54) is 23.1 Å². The SMILES string of the molecule is CC(C)(Sc1ccc(-c2nc(C(=O)Nc3ccc(N4CCOCC4)cc3)c(-c3ccccc3)s2)cc1)C(=O)O. The molecule has 39 heavy (non-hydrogen) atoms. The van der Waals surface area contributed by atoms with Crippen LogP contribution in [0.4, 0.5) is 11.4 Å². The standard InChI is InChI=1S/C30H29N3O4S2/c1-30(2,29(35)36)39-24-14-8-21(9-15-24)28-32-25(26(38-28)20-6-4-3-5-7-20)27(34)31-22-10-12-23(13-11-22)33-16-18-37-19-17-33/h3-15H,16-19H2,1-2H3,(H,31,34)(H,35,36). The number of rotatable bonds is 8. The third-order valence-electron chi connectivity index (χ3n) is 6.37. The zero-order valence-electron chi connectivity index (χ0n) is 21.7. The average molecular weight is 560 g/mol. The van der Waals surface area contributed by atoms with E-state index in [1.54, 1.807) is 13.8 Å². The van der Waals surface area contributed by atoms with E-state index in [4.69, 9.17) is 9.72 Å². The number of carboxylic acids is 1. The number of carbonyl (C=O) groups is 2. The number of ether oxygens (including phenoxy) is 1. The van der Waals surface area contributed by atoms with Crippen LogP contribution in [-0.4, -0.2) is 53.0 Å². The third-order valence-corrected chi connectivity index (χ3v) is 8.72. The molecule has 0 atom stereocenters. The van der Waals surface area contributed by atoms with Gasteiger partial charge in [-0.3, -0.25) is 9.59 Å². The molecule has 2 N–H and O–H groups in total. The molecule has 1 aliphatic heterocycles. The molecule has 0 aliphatic carbocycles. The van der Waals surface area contributed by atoms with Crippen molar-refractivity contribution in [3.8, 4) is 21.0 Å². The number of morpholine rings is 1. The maximum Gasteiger partial charge on any atom is 0.319 e. The molecule has 200 valence electrons. The summed E-state index contributed by atoms with van der Waals surface area (Å²) in [4.78, 5) is 33.6. The molecule has 9 heteroatoms. The Bertz CT molecular complexity index is 1450. The molecule has 7 nitrogen and oxygen atoms in total. The molecule has 0 spiro atoms. The molecule has 1 saturated heterocycles. The van der Waals surface area contributed by atoms with Crippen LogP contribution in [0, 0.1) is 0 Å². The van der Waals surface area contributed by atoms with Crippen LogP contribution in [0.5, 0.6) is 0 Å². The van der Waals surface area contributed by atoms with Crippen molar-refractivity contribution in [3.05, 3.63) is 84.6 Å². The molecule has 1 amide bonds. The number of nitrogens with zero attached hydrogens (tertiary/aromatic N) is 2. The Morgan fingerprint density at radius 2 is 1.62 bits per heavy atom. The fourth-order valence-electron chi connectivity index (χ4n) is 4.15. The third kappa shape index (κ3) is 6.33. The highest BCUT2D eigenvalue weighted by atomic mass is 32.2. The van der Waals surface area contributed by atoms with Gasteiger partial charge < -0.3 is 20.1 Å². The molecule has 1 aliphatic rings. The number of amides is 1. The topological polar surface area (TPSA) is 91.8 Å². The molecular formula is C30H29N3O4S2. The Morgan fingerprint density at radius 1 is 0.949 bits per heavy atom. The van der Waals surface area contributed by atoms with Gasteiger partial charge in [0.2, 0.25) is 0 Å². The number of hydrogen-bond donors (Lipinski definition) is 2. The quantitative estimate of drug-likeness (QED) is 0.237. The van der Waals surface area contributed by atoms with Crippen molar-refractivity contribution in [2.45, 2.75) is 23.5 Å². The van der Waals surface area contributed by atoms with Gasteiger partial charge in [-0.15, -0.1) is 23.1 Å². The van der Waals surface area contributed by atoms with Crippen molar-refractivity contribution < 1.29 is 19.4 Å². The van der Waals surface area contributed by atoms with Crippen LogP contribution in [0.2, 0.25) is 0 Å². The molecule has 3 aromatic carbocycles. The van der Waals surface area contributed by atoms with Gasteiger partial charge in [0.15, 0.2) is 0 Å². The van der Waals surface area contributed by atoms with Gasteiger partial charge in [0, 0.05) is 34.9 Å². The highest BCUT2D eigenvalue weighted by Gasteiger charge is 2.28. The predicted molar refractivity (Wildman–Crippen MR) is 158 cm³/mol. The van der Waals surface area contributed by atoms with Crippen molar-refractivity contribution in [2.75, 3.05) is 36.5 Å². The van der Waals surface area contributed by atoms with Gasteiger partial charge in [0.05, 0.1) is 18.1 Å². The molecule has 1 fully saturated rings. The molecule has 0 bridgehead atoms. The van der Waals surface area contributed by atoms with E-state index in [1.807, 2.05) is 78.9 Å². The first-order chi connectivity index (χ1) is 18.8. The lowest BCUT2D eigenvalue weighted by atomic mass is 10.1. The fourth-order valence-corrected chi connectivity index (χ4v) is 6.18. The molecule has 4 aromatic rings. The minimum Gasteiger partial charge on any atom is -0.480 e. The van der Waals surface area contributed by atoms with Gasteiger partial charge in [0.25, 0.3) is 5.91 Å². The largest absolute Gasteiger partial charge is 0.480 e. The van der Waals surface area contributed by atoms with E-state index in [0.29, 0.717) is 11.4 Å². The summed E-state index contributed by atoms with van der Waals surface area (Å²) in [6, 6.07) is 25.2. The number of thiazole rings is 1. The number of carboxylic acid groups (broad SMARTS) is 1. The van der Waals surface area contributed by atoms with Gasteiger partial charge in [-0.2, -0.15) is 0 Å². The van der Waals surface area contributed by atoms with Gasteiger partial charge in [-0.1, -0.05) is 42.5 Å². The van der Waals surface area contributed by atoms with Crippen molar-refractivity contribution in [1.82, 2.24) is 4.98 Å². The van der Waals surface area contributed by atoms with Crippen LogP contribution in [-0.2, 0) is 9.53 Å². The number of carbonyl (C=O) groups excluding carboxylic acids is 1. The highest BCUT2D eigenvalue weighted by Crippen LogP contribution is 2.38. The van der Waals surface area contributed by atoms with Gasteiger partial charge in [-0.25, -0.2) is 4.98 Å². The van der Waals surface area contributed by atoms with Crippen LogP contribution in [0.1, 0.15) is 24.3 Å². The first kappa shape index (κ1) is 26.9. The second-order valence-corrected chi connectivity index (χ2v) is 12.3. The number of benzene rings is 3. The molecular weight excluding hydrogens is 530 g/mol. The Kier molecular flexibility index (Phi) is 8.02. The lowest BCUT2D eigenvalue weighted by Gasteiger charge is -2.28. The number of anilines is 2. The zero-order chi connectivity index (χ0) is 27.4.